The molecule has 1 saturated heterocycles. The molecule has 1 amide bonds. The predicted octanol–water partition coefficient (Wildman–Crippen LogP) is 2.75. The SMILES string of the molecule is Cc1cc(C(=O)OCC(=O)NCC2(N3CCOCC3)CCCCC2)c(C)n1C1CC1. The van der Waals surface area contributed by atoms with Crippen LogP contribution in [0.25, 0.3) is 0 Å². The summed E-state index contributed by atoms with van der Waals surface area (Å²) in [7, 11) is 0. The Labute approximate surface area is 179 Å². The zero-order chi connectivity index (χ0) is 21.1. The summed E-state index contributed by atoms with van der Waals surface area (Å²) in [5.41, 5.74) is 2.60. The summed E-state index contributed by atoms with van der Waals surface area (Å²) >= 11 is 0. The number of carbonyl (C=O) groups is 2. The van der Waals surface area contributed by atoms with Crippen LogP contribution in [0.3, 0.4) is 0 Å². The van der Waals surface area contributed by atoms with Crippen molar-refractivity contribution in [2.75, 3.05) is 39.5 Å². The molecule has 0 bridgehead atoms. The molecule has 0 aromatic carbocycles. The van der Waals surface area contributed by atoms with Crippen molar-refractivity contribution >= 4 is 11.9 Å². The molecule has 2 saturated carbocycles. The molecule has 166 valence electrons. The Morgan fingerprint density at radius 2 is 1.87 bits per heavy atom. The summed E-state index contributed by atoms with van der Waals surface area (Å²) in [6.07, 6.45) is 8.17. The van der Waals surface area contributed by atoms with E-state index in [1.165, 1.54) is 19.3 Å². The Hall–Kier alpha value is -1.86. The summed E-state index contributed by atoms with van der Waals surface area (Å²) < 4.78 is 13.1. The lowest BCUT2D eigenvalue weighted by molar-refractivity contribution is -0.125. The third-order valence-corrected chi connectivity index (χ3v) is 7.03. The molecule has 3 aliphatic rings. The topological polar surface area (TPSA) is 72.8 Å². The number of esters is 1. The second-order valence-electron chi connectivity index (χ2n) is 9.12. The molecule has 0 unspecified atom stereocenters. The normalized spacial score (nSPS) is 21.9. The number of carbonyl (C=O) groups excluding carboxylic acids is 2. The molecule has 1 aromatic heterocycles. The Morgan fingerprint density at radius 1 is 1.17 bits per heavy atom. The molecular formula is C23H35N3O4. The molecular weight excluding hydrogens is 382 g/mol. The van der Waals surface area contributed by atoms with Crippen LogP contribution in [0, 0.1) is 13.8 Å². The van der Waals surface area contributed by atoms with E-state index in [9.17, 15) is 9.59 Å². The molecule has 7 heteroatoms. The number of rotatable bonds is 7. The molecule has 2 heterocycles. The van der Waals surface area contributed by atoms with Crippen LogP contribution in [0.2, 0.25) is 0 Å². The minimum atomic E-state index is -0.411. The van der Waals surface area contributed by atoms with Crippen LogP contribution in [-0.2, 0) is 14.3 Å². The van der Waals surface area contributed by atoms with Crippen LogP contribution >= 0.6 is 0 Å². The number of nitrogens with zero attached hydrogens (tertiary/aromatic N) is 2. The average Bonchev–Trinajstić information content (AvgIpc) is 3.56. The van der Waals surface area contributed by atoms with E-state index < -0.39 is 5.97 Å². The number of nitrogens with one attached hydrogen (secondary N) is 1. The van der Waals surface area contributed by atoms with Crippen molar-refractivity contribution in [3.63, 3.8) is 0 Å². The number of ether oxygens (including phenoxy) is 2. The molecule has 7 nitrogen and oxygen atoms in total. The zero-order valence-corrected chi connectivity index (χ0v) is 18.4. The molecule has 3 fully saturated rings. The Bertz CT molecular complexity index is 772. The van der Waals surface area contributed by atoms with Gasteiger partial charge in [-0.1, -0.05) is 19.3 Å². The van der Waals surface area contributed by atoms with Crippen molar-refractivity contribution in [2.45, 2.75) is 70.4 Å². The van der Waals surface area contributed by atoms with Crippen molar-refractivity contribution in [1.82, 2.24) is 14.8 Å². The summed E-state index contributed by atoms with van der Waals surface area (Å²) in [6, 6.07) is 2.39. The Kier molecular flexibility index (Phi) is 6.48. The highest BCUT2D eigenvalue weighted by molar-refractivity contribution is 5.92. The number of aromatic nitrogens is 1. The lowest BCUT2D eigenvalue weighted by Crippen LogP contribution is -2.59. The third kappa shape index (κ3) is 4.57. The molecule has 0 radical (unpaired) electrons. The molecule has 0 atom stereocenters. The van der Waals surface area contributed by atoms with E-state index in [0.29, 0.717) is 18.2 Å². The quantitative estimate of drug-likeness (QED) is 0.691. The highest BCUT2D eigenvalue weighted by Crippen LogP contribution is 2.38. The Balaban J connectivity index is 1.30. The van der Waals surface area contributed by atoms with E-state index in [4.69, 9.17) is 9.47 Å². The number of hydrogen-bond acceptors (Lipinski definition) is 5. The first-order valence-electron chi connectivity index (χ1n) is 11.5. The van der Waals surface area contributed by atoms with Crippen LogP contribution in [-0.4, -0.2) is 66.3 Å². The predicted molar refractivity (Wildman–Crippen MR) is 114 cm³/mol. The summed E-state index contributed by atoms with van der Waals surface area (Å²) in [5.74, 6) is -0.636. The fraction of sp³-hybridized carbons (Fsp3) is 0.739. The number of hydrogen-bond donors (Lipinski definition) is 1. The number of morpholine rings is 1. The summed E-state index contributed by atoms with van der Waals surface area (Å²) in [6.45, 7) is 7.70. The first-order valence-corrected chi connectivity index (χ1v) is 11.5. The van der Waals surface area contributed by atoms with Gasteiger partial charge in [-0.15, -0.1) is 0 Å². The van der Waals surface area contributed by atoms with Crippen LogP contribution in [0.15, 0.2) is 6.07 Å². The summed E-state index contributed by atoms with van der Waals surface area (Å²) in [5, 5.41) is 3.05. The van der Waals surface area contributed by atoms with Gasteiger partial charge in [0.15, 0.2) is 6.61 Å². The monoisotopic (exact) mass is 417 g/mol. The van der Waals surface area contributed by atoms with Crippen molar-refractivity contribution in [3.8, 4) is 0 Å². The van der Waals surface area contributed by atoms with E-state index >= 15 is 0 Å². The fourth-order valence-electron chi connectivity index (χ4n) is 5.25. The van der Waals surface area contributed by atoms with Gasteiger partial charge in [-0.2, -0.15) is 0 Å². The highest BCUT2D eigenvalue weighted by Gasteiger charge is 2.39. The number of aryl methyl sites for hydroxylation is 1. The van der Waals surface area contributed by atoms with E-state index in [1.807, 2.05) is 19.9 Å². The van der Waals surface area contributed by atoms with Crippen molar-refractivity contribution in [2.24, 2.45) is 0 Å². The molecule has 30 heavy (non-hydrogen) atoms. The Morgan fingerprint density at radius 3 is 2.53 bits per heavy atom. The van der Waals surface area contributed by atoms with E-state index in [-0.39, 0.29) is 18.1 Å². The van der Waals surface area contributed by atoms with Crippen molar-refractivity contribution < 1.29 is 19.1 Å². The van der Waals surface area contributed by atoms with Crippen LogP contribution < -0.4 is 5.32 Å². The van der Waals surface area contributed by atoms with E-state index in [1.54, 1.807) is 0 Å². The van der Waals surface area contributed by atoms with Crippen molar-refractivity contribution in [1.29, 1.82) is 0 Å². The van der Waals surface area contributed by atoms with Crippen molar-refractivity contribution in [3.05, 3.63) is 23.0 Å². The van der Waals surface area contributed by atoms with E-state index in [0.717, 1.165) is 63.4 Å². The van der Waals surface area contributed by atoms with Gasteiger partial charge >= 0.3 is 5.97 Å². The first-order chi connectivity index (χ1) is 14.5. The number of amides is 1. The highest BCUT2D eigenvalue weighted by atomic mass is 16.5. The van der Waals surface area contributed by atoms with Gasteiger partial charge in [0.05, 0.1) is 18.8 Å². The van der Waals surface area contributed by atoms with Crippen LogP contribution in [0.1, 0.15) is 72.7 Å². The summed E-state index contributed by atoms with van der Waals surface area (Å²) in [4.78, 5) is 27.5. The molecule has 1 N–H and O–H groups in total. The van der Waals surface area contributed by atoms with Gasteiger partial charge in [0, 0.05) is 42.6 Å². The van der Waals surface area contributed by atoms with Crippen LogP contribution in [0.4, 0.5) is 0 Å². The van der Waals surface area contributed by atoms with Gasteiger partial charge in [0.25, 0.3) is 5.91 Å². The fourth-order valence-corrected chi connectivity index (χ4v) is 5.25. The third-order valence-electron chi connectivity index (χ3n) is 7.03. The van der Waals surface area contributed by atoms with Crippen LogP contribution in [0.5, 0.6) is 0 Å². The maximum atomic E-state index is 12.6. The van der Waals surface area contributed by atoms with E-state index in [2.05, 4.69) is 14.8 Å². The molecule has 0 spiro atoms. The van der Waals surface area contributed by atoms with Gasteiger partial charge in [0.1, 0.15) is 0 Å². The van der Waals surface area contributed by atoms with Gasteiger partial charge in [-0.3, -0.25) is 9.69 Å². The van der Waals surface area contributed by atoms with Gasteiger partial charge in [-0.05, 0) is 45.6 Å². The first kappa shape index (κ1) is 21.4. The average molecular weight is 418 g/mol. The van der Waals surface area contributed by atoms with Gasteiger partial charge in [-0.25, -0.2) is 4.79 Å². The minimum Gasteiger partial charge on any atom is -0.452 e. The van der Waals surface area contributed by atoms with Gasteiger partial charge in [0.2, 0.25) is 0 Å². The molecule has 1 aliphatic heterocycles. The molecule has 1 aromatic rings. The van der Waals surface area contributed by atoms with Gasteiger partial charge < -0.3 is 19.4 Å². The maximum absolute atomic E-state index is 12.6. The lowest BCUT2D eigenvalue weighted by atomic mass is 9.79. The molecule has 2 aliphatic carbocycles. The molecule has 4 rings (SSSR count). The zero-order valence-electron chi connectivity index (χ0n) is 18.4. The largest absolute Gasteiger partial charge is 0.452 e. The second kappa shape index (κ2) is 9.10. The second-order valence-corrected chi connectivity index (χ2v) is 9.12. The maximum Gasteiger partial charge on any atom is 0.340 e. The standard InChI is InChI=1S/C23H35N3O4/c1-17-14-20(18(2)26(17)19-6-7-19)22(28)30-15-21(27)24-16-23(8-4-3-5-9-23)25-10-12-29-13-11-25/h14,19H,3-13,15-16H2,1-2H3,(H,24,27). The smallest absolute Gasteiger partial charge is 0.340 e. The lowest BCUT2D eigenvalue weighted by Gasteiger charge is -2.48. The minimum absolute atomic E-state index is 0.0108.